The number of anilines is 1. The summed E-state index contributed by atoms with van der Waals surface area (Å²) in [6.07, 6.45) is 0. The van der Waals surface area contributed by atoms with E-state index in [1.807, 2.05) is 30.9 Å². The van der Waals surface area contributed by atoms with Gasteiger partial charge >= 0.3 is 0 Å². The van der Waals surface area contributed by atoms with Crippen LogP contribution in [0.2, 0.25) is 0 Å². The monoisotopic (exact) mass is 441 g/mol. The summed E-state index contributed by atoms with van der Waals surface area (Å²) in [5.41, 5.74) is 4.09. The SMILES string of the molecule is CCN(CC)c1ccc(CNC(=NC)NCc2ccccc2CN2CCOCC2)cc1F. The van der Waals surface area contributed by atoms with Gasteiger partial charge in [-0.15, -0.1) is 0 Å². The second-order valence-corrected chi connectivity index (χ2v) is 7.89. The number of nitrogens with one attached hydrogen (secondary N) is 2. The molecule has 2 aromatic carbocycles. The van der Waals surface area contributed by atoms with Gasteiger partial charge in [-0.25, -0.2) is 4.39 Å². The largest absolute Gasteiger partial charge is 0.379 e. The van der Waals surface area contributed by atoms with E-state index in [1.165, 1.54) is 11.1 Å². The standard InChI is InChI=1S/C25H36FN5O/c1-4-31(5-2)24-11-10-20(16-23(24)26)17-28-25(27-3)29-18-21-8-6-7-9-22(21)19-30-12-14-32-15-13-30/h6-11,16H,4-5,12-15,17-19H2,1-3H3,(H2,27,28,29). The van der Waals surface area contributed by atoms with E-state index in [-0.39, 0.29) is 5.82 Å². The van der Waals surface area contributed by atoms with E-state index >= 15 is 0 Å². The van der Waals surface area contributed by atoms with Gasteiger partial charge in [-0.3, -0.25) is 9.89 Å². The van der Waals surface area contributed by atoms with Crippen LogP contribution in [0.25, 0.3) is 0 Å². The molecule has 2 N–H and O–H groups in total. The van der Waals surface area contributed by atoms with Crippen LogP contribution in [0.5, 0.6) is 0 Å². The van der Waals surface area contributed by atoms with E-state index in [4.69, 9.17) is 4.74 Å². The molecular weight excluding hydrogens is 405 g/mol. The third-order valence-electron chi connectivity index (χ3n) is 5.86. The molecule has 0 radical (unpaired) electrons. The Hall–Kier alpha value is -2.64. The van der Waals surface area contributed by atoms with Gasteiger partial charge in [0.1, 0.15) is 5.82 Å². The van der Waals surface area contributed by atoms with Crippen LogP contribution < -0.4 is 15.5 Å². The van der Waals surface area contributed by atoms with E-state index in [1.54, 1.807) is 13.1 Å². The highest BCUT2D eigenvalue weighted by atomic mass is 19.1. The molecule has 1 aliphatic heterocycles. The van der Waals surface area contributed by atoms with Crippen molar-refractivity contribution in [3.8, 4) is 0 Å². The number of nitrogens with zero attached hydrogens (tertiary/aromatic N) is 3. The normalized spacial score (nSPS) is 14.9. The molecule has 0 saturated carbocycles. The summed E-state index contributed by atoms with van der Waals surface area (Å²) in [7, 11) is 1.75. The second-order valence-electron chi connectivity index (χ2n) is 7.89. The van der Waals surface area contributed by atoms with E-state index in [2.05, 4.69) is 44.8 Å². The maximum Gasteiger partial charge on any atom is 0.191 e. The summed E-state index contributed by atoms with van der Waals surface area (Å²) in [5, 5.41) is 6.68. The molecule has 0 atom stereocenters. The quantitative estimate of drug-likeness (QED) is 0.462. The van der Waals surface area contributed by atoms with Gasteiger partial charge in [0.05, 0.1) is 18.9 Å². The molecule has 1 fully saturated rings. The van der Waals surface area contributed by atoms with Crippen LogP contribution in [0.3, 0.4) is 0 Å². The van der Waals surface area contributed by atoms with Gasteiger partial charge in [0.25, 0.3) is 0 Å². The van der Waals surface area contributed by atoms with Crippen molar-refractivity contribution < 1.29 is 9.13 Å². The predicted molar refractivity (Wildman–Crippen MR) is 130 cm³/mol. The topological polar surface area (TPSA) is 52.1 Å². The highest BCUT2D eigenvalue weighted by Crippen LogP contribution is 2.20. The summed E-state index contributed by atoms with van der Waals surface area (Å²) in [6.45, 7) is 11.3. The fraction of sp³-hybridized carbons (Fsp3) is 0.480. The number of rotatable bonds is 9. The lowest BCUT2D eigenvalue weighted by Gasteiger charge is -2.27. The fourth-order valence-electron chi connectivity index (χ4n) is 3.95. The molecule has 1 saturated heterocycles. The molecule has 3 rings (SSSR count). The minimum atomic E-state index is -0.187. The highest BCUT2D eigenvalue weighted by molar-refractivity contribution is 5.79. The van der Waals surface area contributed by atoms with E-state index in [9.17, 15) is 4.39 Å². The Bertz CT molecular complexity index is 878. The third-order valence-corrected chi connectivity index (χ3v) is 5.86. The van der Waals surface area contributed by atoms with Crippen LogP contribution in [-0.4, -0.2) is 57.3 Å². The van der Waals surface area contributed by atoms with Gasteiger partial charge < -0.3 is 20.3 Å². The first-order valence-electron chi connectivity index (χ1n) is 11.5. The average molecular weight is 442 g/mol. The number of morpholine rings is 1. The number of guanidine groups is 1. The van der Waals surface area contributed by atoms with Crippen molar-refractivity contribution in [2.45, 2.75) is 33.5 Å². The summed E-state index contributed by atoms with van der Waals surface area (Å²) < 4.78 is 20.0. The third kappa shape index (κ3) is 6.68. The molecule has 0 aromatic heterocycles. The molecule has 174 valence electrons. The number of ether oxygens (including phenoxy) is 1. The number of hydrogen-bond acceptors (Lipinski definition) is 4. The van der Waals surface area contributed by atoms with Crippen molar-refractivity contribution in [3.63, 3.8) is 0 Å². The summed E-state index contributed by atoms with van der Waals surface area (Å²) in [6, 6.07) is 13.9. The smallest absolute Gasteiger partial charge is 0.191 e. The maximum atomic E-state index is 14.6. The fourth-order valence-corrected chi connectivity index (χ4v) is 3.95. The lowest BCUT2D eigenvalue weighted by atomic mass is 10.1. The Balaban J connectivity index is 1.55. The summed E-state index contributed by atoms with van der Waals surface area (Å²) in [4.78, 5) is 8.76. The molecule has 1 heterocycles. The summed E-state index contributed by atoms with van der Waals surface area (Å²) in [5.74, 6) is 0.507. The maximum absolute atomic E-state index is 14.6. The Morgan fingerprint density at radius 2 is 1.72 bits per heavy atom. The Morgan fingerprint density at radius 3 is 2.38 bits per heavy atom. The van der Waals surface area contributed by atoms with Crippen molar-refractivity contribution in [3.05, 3.63) is 65.0 Å². The Morgan fingerprint density at radius 1 is 1.03 bits per heavy atom. The minimum Gasteiger partial charge on any atom is -0.379 e. The molecule has 0 amide bonds. The Kier molecular flexibility index (Phi) is 9.31. The van der Waals surface area contributed by atoms with Crippen molar-refractivity contribution in [2.24, 2.45) is 4.99 Å². The number of halogens is 1. The van der Waals surface area contributed by atoms with Crippen LogP contribution in [-0.2, 0) is 24.4 Å². The van der Waals surface area contributed by atoms with Gasteiger partial charge in [-0.05, 0) is 42.7 Å². The van der Waals surface area contributed by atoms with Crippen LogP contribution in [0, 0.1) is 5.82 Å². The first kappa shape index (κ1) is 24.0. The average Bonchev–Trinajstić information content (AvgIpc) is 2.82. The Labute approximate surface area is 191 Å². The zero-order valence-corrected chi connectivity index (χ0v) is 19.5. The molecule has 0 bridgehead atoms. The van der Waals surface area contributed by atoms with Gasteiger partial charge in [0.15, 0.2) is 5.96 Å². The summed E-state index contributed by atoms with van der Waals surface area (Å²) >= 11 is 0. The van der Waals surface area contributed by atoms with Crippen molar-refractivity contribution >= 4 is 11.6 Å². The van der Waals surface area contributed by atoms with Gasteiger partial charge in [0, 0.05) is 52.9 Å². The highest BCUT2D eigenvalue weighted by Gasteiger charge is 2.13. The molecule has 6 nitrogen and oxygen atoms in total. The number of hydrogen-bond donors (Lipinski definition) is 2. The number of benzene rings is 2. The molecule has 32 heavy (non-hydrogen) atoms. The van der Waals surface area contributed by atoms with Gasteiger partial charge in [0.2, 0.25) is 0 Å². The molecule has 0 unspecified atom stereocenters. The lowest BCUT2D eigenvalue weighted by Crippen LogP contribution is -2.37. The molecule has 0 aliphatic carbocycles. The zero-order valence-electron chi connectivity index (χ0n) is 19.5. The molecule has 7 heteroatoms. The predicted octanol–water partition coefficient (Wildman–Crippen LogP) is 3.37. The van der Waals surface area contributed by atoms with Crippen LogP contribution in [0.15, 0.2) is 47.5 Å². The van der Waals surface area contributed by atoms with Crippen molar-refractivity contribution in [1.29, 1.82) is 0 Å². The minimum absolute atomic E-state index is 0.187. The van der Waals surface area contributed by atoms with E-state index in [0.717, 1.165) is 51.5 Å². The molecule has 1 aliphatic rings. The molecule has 0 spiro atoms. The zero-order chi connectivity index (χ0) is 22.8. The van der Waals surface area contributed by atoms with Crippen molar-refractivity contribution in [1.82, 2.24) is 15.5 Å². The van der Waals surface area contributed by atoms with Gasteiger partial charge in [-0.1, -0.05) is 30.3 Å². The van der Waals surface area contributed by atoms with Crippen LogP contribution >= 0.6 is 0 Å². The van der Waals surface area contributed by atoms with Gasteiger partial charge in [-0.2, -0.15) is 0 Å². The lowest BCUT2D eigenvalue weighted by molar-refractivity contribution is 0.0341. The second kappa shape index (κ2) is 12.4. The van der Waals surface area contributed by atoms with E-state index in [0.29, 0.717) is 24.7 Å². The van der Waals surface area contributed by atoms with Crippen molar-refractivity contribution in [2.75, 3.05) is 51.3 Å². The molecule has 2 aromatic rings. The van der Waals surface area contributed by atoms with Crippen LogP contribution in [0.4, 0.5) is 10.1 Å². The number of aliphatic imine (C=N–C) groups is 1. The van der Waals surface area contributed by atoms with E-state index < -0.39 is 0 Å². The first-order valence-corrected chi connectivity index (χ1v) is 11.5. The van der Waals surface area contributed by atoms with Crippen LogP contribution in [0.1, 0.15) is 30.5 Å². The first-order chi connectivity index (χ1) is 15.6. The molecular formula is C25H36FN5O.